The fourth-order valence-electron chi connectivity index (χ4n) is 2.25. The highest BCUT2D eigenvalue weighted by Gasteiger charge is 2.25. The molecule has 1 saturated carbocycles. The molecule has 8 heteroatoms. The molecule has 1 aliphatic rings. The van der Waals surface area contributed by atoms with E-state index in [9.17, 15) is 13.2 Å². The quantitative estimate of drug-likeness (QED) is 0.797. The molecule has 1 fully saturated rings. The second kappa shape index (κ2) is 6.66. The number of esters is 1. The van der Waals surface area contributed by atoms with Gasteiger partial charge in [0, 0.05) is 11.6 Å². The van der Waals surface area contributed by atoms with Crippen LogP contribution in [0, 0.1) is 0 Å². The van der Waals surface area contributed by atoms with Crippen LogP contribution in [0.1, 0.15) is 40.5 Å². The molecule has 1 aliphatic carbocycles. The monoisotopic (exact) mass is 347 g/mol. The van der Waals surface area contributed by atoms with Crippen molar-refractivity contribution in [2.75, 3.05) is 7.11 Å². The van der Waals surface area contributed by atoms with E-state index in [1.807, 2.05) is 6.07 Å². The zero-order valence-electron chi connectivity index (χ0n) is 13.1. The van der Waals surface area contributed by atoms with E-state index in [0.717, 1.165) is 18.5 Å². The number of methoxy groups -OCH3 is 1. The summed E-state index contributed by atoms with van der Waals surface area (Å²) in [4.78, 5) is 19.8. The van der Waals surface area contributed by atoms with E-state index in [4.69, 9.17) is 0 Å². The van der Waals surface area contributed by atoms with E-state index in [1.165, 1.54) is 37.7 Å². The van der Waals surface area contributed by atoms with Gasteiger partial charge in [-0.3, -0.25) is 0 Å². The normalized spacial score (nSPS) is 14.4. The third-order valence-electron chi connectivity index (χ3n) is 3.77. The standard InChI is InChI=1S/C16H17N3O4S/c1-23-16(20)12-4-6-14(7-5-12)24(21,22)19-9-13-8-15(11-2-3-11)18-10-17-13/h4-8,10-11,19H,2-3,9H2,1H3. The molecule has 1 heterocycles. The number of ether oxygens (including phenoxy) is 1. The van der Waals surface area contributed by atoms with Crippen LogP contribution in [-0.2, 0) is 21.3 Å². The minimum absolute atomic E-state index is 0.0756. The van der Waals surface area contributed by atoms with Crippen molar-refractivity contribution < 1.29 is 17.9 Å². The summed E-state index contributed by atoms with van der Waals surface area (Å²) in [6.07, 6.45) is 3.70. The molecule has 0 bridgehead atoms. The summed E-state index contributed by atoms with van der Waals surface area (Å²) < 4.78 is 31.7. The summed E-state index contributed by atoms with van der Waals surface area (Å²) in [5.41, 5.74) is 1.88. The zero-order chi connectivity index (χ0) is 17.2. The summed E-state index contributed by atoms with van der Waals surface area (Å²) in [7, 11) is -2.42. The fourth-order valence-corrected chi connectivity index (χ4v) is 3.25. The lowest BCUT2D eigenvalue weighted by Gasteiger charge is -2.08. The first kappa shape index (κ1) is 16.5. The molecule has 0 saturated heterocycles. The van der Waals surface area contributed by atoms with E-state index < -0.39 is 16.0 Å². The second-order valence-corrected chi connectivity index (χ2v) is 7.32. The van der Waals surface area contributed by atoms with Gasteiger partial charge in [-0.25, -0.2) is 27.9 Å². The van der Waals surface area contributed by atoms with Gasteiger partial charge in [-0.2, -0.15) is 0 Å². The van der Waals surface area contributed by atoms with Crippen LogP contribution < -0.4 is 4.72 Å². The first-order chi connectivity index (χ1) is 11.5. The van der Waals surface area contributed by atoms with Crippen LogP contribution in [0.15, 0.2) is 41.6 Å². The van der Waals surface area contributed by atoms with E-state index in [1.54, 1.807) is 0 Å². The zero-order valence-corrected chi connectivity index (χ0v) is 13.9. The van der Waals surface area contributed by atoms with Gasteiger partial charge in [0.05, 0.1) is 29.8 Å². The van der Waals surface area contributed by atoms with Crippen molar-refractivity contribution in [1.82, 2.24) is 14.7 Å². The Kier molecular flexibility index (Phi) is 4.59. The Balaban J connectivity index is 1.69. The third kappa shape index (κ3) is 3.77. The minimum atomic E-state index is -3.69. The predicted octanol–water partition coefficient (Wildman–Crippen LogP) is 1.62. The van der Waals surface area contributed by atoms with E-state index in [2.05, 4.69) is 19.4 Å². The predicted molar refractivity (Wildman–Crippen MR) is 85.8 cm³/mol. The Labute approximate surface area is 140 Å². The number of aromatic nitrogens is 2. The number of carbonyl (C=O) groups is 1. The highest BCUT2D eigenvalue weighted by atomic mass is 32.2. The molecule has 2 aromatic rings. The van der Waals surface area contributed by atoms with Crippen LogP contribution >= 0.6 is 0 Å². The lowest BCUT2D eigenvalue weighted by molar-refractivity contribution is 0.0600. The van der Waals surface area contributed by atoms with Gasteiger partial charge >= 0.3 is 5.97 Å². The number of benzene rings is 1. The summed E-state index contributed by atoms with van der Waals surface area (Å²) in [5.74, 6) is -0.0327. The van der Waals surface area contributed by atoms with E-state index in [-0.39, 0.29) is 11.4 Å². The van der Waals surface area contributed by atoms with Gasteiger partial charge < -0.3 is 4.74 Å². The van der Waals surface area contributed by atoms with Crippen molar-refractivity contribution in [1.29, 1.82) is 0 Å². The maximum Gasteiger partial charge on any atom is 0.337 e. The topological polar surface area (TPSA) is 98.2 Å². The van der Waals surface area contributed by atoms with E-state index in [0.29, 0.717) is 17.2 Å². The molecule has 3 rings (SSSR count). The van der Waals surface area contributed by atoms with Gasteiger partial charge in [-0.15, -0.1) is 0 Å². The van der Waals surface area contributed by atoms with Gasteiger partial charge in [-0.1, -0.05) is 0 Å². The Morgan fingerprint density at radius 1 is 1.25 bits per heavy atom. The number of hydrogen-bond donors (Lipinski definition) is 1. The number of hydrogen-bond acceptors (Lipinski definition) is 6. The van der Waals surface area contributed by atoms with Gasteiger partial charge in [0.15, 0.2) is 0 Å². The Morgan fingerprint density at radius 2 is 1.96 bits per heavy atom. The van der Waals surface area contributed by atoms with Gasteiger partial charge in [-0.05, 0) is 43.2 Å². The molecule has 24 heavy (non-hydrogen) atoms. The second-order valence-electron chi connectivity index (χ2n) is 5.55. The van der Waals surface area contributed by atoms with Crippen LogP contribution in [0.25, 0.3) is 0 Å². The van der Waals surface area contributed by atoms with Crippen molar-refractivity contribution >= 4 is 16.0 Å². The minimum Gasteiger partial charge on any atom is -0.465 e. The van der Waals surface area contributed by atoms with Gasteiger partial charge in [0.25, 0.3) is 0 Å². The maximum absolute atomic E-state index is 12.3. The molecular formula is C16H17N3O4S. The highest BCUT2D eigenvalue weighted by molar-refractivity contribution is 7.89. The Bertz CT molecular complexity index is 846. The van der Waals surface area contributed by atoms with Crippen LogP contribution in [0.4, 0.5) is 0 Å². The largest absolute Gasteiger partial charge is 0.465 e. The molecule has 126 valence electrons. The SMILES string of the molecule is COC(=O)c1ccc(S(=O)(=O)NCc2cc(C3CC3)ncn2)cc1. The molecule has 0 spiro atoms. The smallest absolute Gasteiger partial charge is 0.337 e. The van der Waals surface area contributed by atoms with Gasteiger partial charge in [0.2, 0.25) is 10.0 Å². The molecule has 0 amide bonds. The van der Waals surface area contributed by atoms with Crippen molar-refractivity contribution in [3.63, 3.8) is 0 Å². The first-order valence-corrected chi connectivity index (χ1v) is 8.97. The highest BCUT2D eigenvalue weighted by Crippen LogP contribution is 2.38. The maximum atomic E-state index is 12.3. The van der Waals surface area contributed by atoms with Gasteiger partial charge in [0.1, 0.15) is 6.33 Å². The number of nitrogens with zero attached hydrogens (tertiary/aromatic N) is 2. The summed E-state index contributed by atoms with van der Waals surface area (Å²) in [6, 6.07) is 7.39. The molecule has 1 aromatic heterocycles. The number of sulfonamides is 1. The fraction of sp³-hybridized carbons (Fsp3) is 0.312. The lowest BCUT2D eigenvalue weighted by Crippen LogP contribution is -2.24. The molecular weight excluding hydrogens is 330 g/mol. The molecule has 7 nitrogen and oxygen atoms in total. The molecule has 0 radical (unpaired) electrons. The Morgan fingerprint density at radius 3 is 2.58 bits per heavy atom. The van der Waals surface area contributed by atoms with Crippen molar-refractivity contribution in [3.8, 4) is 0 Å². The number of carbonyl (C=O) groups excluding carboxylic acids is 1. The molecule has 0 aliphatic heterocycles. The summed E-state index contributed by atoms with van der Waals surface area (Å²) >= 11 is 0. The summed E-state index contributed by atoms with van der Waals surface area (Å²) in [5, 5.41) is 0. The molecule has 0 atom stereocenters. The lowest BCUT2D eigenvalue weighted by atomic mass is 10.2. The number of nitrogens with one attached hydrogen (secondary N) is 1. The third-order valence-corrected chi connectivity index (χ3v) is 5.19. The number of rotatable bonds is 6. The average Bonchev–Trinajstić information content (AvgIpc) is 3.45. The van der Waals surface area contributed by atoms with Crippen molar-refractivity contribution in [2.24, 2.45) is 0 Å². The Hall–Kier alpha value is -2.32. The van der Waals surface area contributed by atoms with Crippen LogP contribution in [0.2, 0.25) is 0 Å². The average molecular weight is 347 g/mol. The van der Waals surface area contributed by atoms with Crippen LogP contribution in [-0.4, -0.2) is 31.5 Å². The molecule has 1 N–H and O–H groups in total. The van der Waals surface area contributed by atoms with Crippen molar-refractivity contribution in [2.45, 2.75) is 30.2 Å². The molecule has 1 aromatic carbocycles. The van der Waals surface area contributed by atoms with Crippen LogP contribution in [0.5, 0.6) is 0 Å². The summed E-state index contributed by atoms with van der Waals surface area (Å²) in [6.45, 7) is 0.0866. The first-order valence-electron chi connectivity index (χ1n) is 7.48. The van der Waals surface area contributed by atoms with Crippen molar-refractivity contribution in [3.05, 3.63) is 53.6 Å². The van der Waals surface area contributed by atoms with Crippen LogP contribution in [0.3, 0.4) is 0 Å². The van der Waals surface area contributed by atoms with E-state index >= 15 is 0 Å². The molecule has 0 unspecified atom stereocenters.